The summed E-state index contributed by atoms with van der Waals surface area (Å²) >= 11 is 6.49. The molecular weight excluding hydrogens is 376 g/mol. The summed E-state index contributed by atoms with van der Waals surface area (Å²) < 4.78 is 6.04. The van der Waals surface area contributed by atoms with E-state index in [4.69, 9.17) is 21.4 Å². The van der Waals surface area contributed by atoms with Crippen molar-refractivity contribution in [3.8, 4) is 5.75 Å². The van der Waals surface area contributed by atoms with Gasteiger partial charge in [-0.2, -0.15) is 0 Å². The molecule has 4 nitrogen and oxygen atoms in total. The van der Waals surface area contributed by atoms with E-state index >= 15 is 0 Å². The van der Waals surface area contributed by atoms with Crippen molar-refractivity contribution in [2.75, 3.05) is 6.61 Å². The topological polar surface area (TPSA) is 66.8 Å². The SMILES string of the molecule is CC(C)(C)c1cccc(OC[C@@H]2[C@@H](C/C=C\CCCC(=O)O)[C@H](Cl)C[C@H]2O)c1. The molecule has 2 N–H and O–H groups in total. The summed E-state index contributed by atoms with van der Waals surface area (Å²) in [6, 6.07) is 8.12. The predicted molar refractivity (Wildman–Crippen MR) is 113 cm³/mol. The molecule has 156 valence electrons. The minimum Gasteiger partial charge on any atom is -0.493 e. The van der Waals surface area contributed by atoms with E-state index in [1.54, 1.807) is 0 Å². The number of hydrogen-bond acceptors (Lipinski definition) is 3. The van der Waals surface area contributed by atoms with Gasteiger partial charge in [0.25, 0.3) is 0 Å². The molecule has 0 bridgehead atoms. The summed E-state index contributed by atoms with van der Waals surface area (Å²) in [6.45, 7) is 6.95. The van der Waals surface area contributed by atoms with Crippen molar-refractivity contribution in [2.45, 2.75) is 69.8 Å². The van der Waals surface area contributed by atoms with Gasteiger partial charge in [-0.15, -0.1) is 11.6 Å². The Balaban J connectivity index is 1.91. The molecule has 5 heteroatoms. The van der Waals surface area contributed by atoms with E-state index in [0.29, 0.717) is 19.4 Å². The fourth-order valence-corrected chi connectivity index (χ4v) is 4.15. The van der Waals surface area contributed by atoms with Crippen LogP contribution in [0.25, 0.3) is 0 Å². The standard InChI is InChI=1S/C23H33ClO4/c1-23(2,3)16-9-8-10-17(13-16)28-15-19-18(20(24)14-21(19)25)11-6-4-5-7-12-22(26)27/h4,6,8-10,13,18-21,25H,5,7,11-12,14-15H2,1-3H3,(H,26,27)/b6-4-/t18-,19-,20-,21-/m1/s1. The van der Waals surface area contributed by atoms with Crippen molar-refractivity contribution in [3.05, 3.63) is 42.0 Å². The zero-order valence-electron chi connectivity index (χ0n) is 17.1. The Bertz CT molecular complexity index is 665. The second kappa shape index (κ2) is 10.3. The van der Waals surface area contributed by atoms with Crippen LogP contribution in [0.5, 0.6) is 5.75 Å². The molecule has 1 fully saturated rings. The molecule has 0 amide bonds. The van der Waals surface area contributed by atoms with Crippen LogP contribution in [-0.4, -0.2) is 34.3 Å². The van der Waals surface area contributed by atoms with E-state index < -0.39 is 12.1 Å². The van der Waals surface area contributed by atoms with Crippen LogP contribution in [0.15, 0.2) is 36.4 Å². The zero-order chi connectivity index (χ0) is 20.7. The number of aliphatic hydroxyl groups excluding tert-OH is 1. The largest absolute Gasteiger partial charge is 0.493 e. The van der Waals surface area contributed by atoms with Crippen molar-refractivity contribution in [2.24, 2.45) is 11.8 Å². The van der Waals surface area contributed by atoms with Gasteiger partial charge in [-0.25, -0.2) is 0 Å². The number of unbranched alkanes of at least 4 members (excludes halogenated alkanes) is 1. The molecule has 1 aliphatic rings. The molecule has 1 aliphatic carbocycles. The van der Waals surface area contributed by atoms with Crippen LogP contribution in [0.2, 0.25) is 0 Å². The minimum absolute atomic E-state index is 0.00976. The maximum Gasteiger partial charge on any atom is 0.303 e. The molecule has 4 atom stereocenters. The van der Waals surface area contributed by atoms with Crippen molar-refractivity contribution >= 4 is 17.6 Å². The van der Waals surface area contributed by atoms with Crippen LogP contribution in [0.4, 0.5) is 0 Å². The summed E-state index contributed by atoms with van der Waals surface area (Å²) in [6.07, 6.45) is 6.54. The fraction of sp³-hybridized carbons (Fsp3) is 0.609. The number of benzene rings is 1. The number of ether oxygens (including phenoxy) is 1. The highest BCUT2D eigenvalue weighted by Crippen LogP contribution is 2.39. The molecule has 1 saturated carbocycles. The van der Waals surface area contributed by atoms with Crippen LogP contribution in [0.3, 0.4) is 0 Å². The lowest BCUT2D eigenvalue weighted by molar-refractivity contribution is -0.137. The predicted octanol–water partition coefficient (Wildman–Crippen LogP) is 5.17. The van der Waals surface area contributed by atoms with Crippen LogP contribution in [-0.2, 0) is 10.2 Å². The molecule has 0 radical (unpaired) electrons. The first-order valence-electron chi connectivity index (χ1n) is 10.1. The quantitative estimate of drug-likeness (QED) is 0.336. The Hall–Kier alpha value is -1.52. The monoisotopic (exact) mass is 408 g/mol. The maximum atomic E-state index is 10.5. The number of allylic oxidation sites excluding steroid dienone is 2. The molecular formula is C23H33ClO4. The Morgan fingerprint density at radius 1 is 1.29 bits per heavy atom. The van der Waals surface area contributed by atoms with E-state index in [9.17, 15) is 9.90 Å². The van der Waals surface area contributed by atoms with Crippen molar-refractivity contribution in [1.29, 1.82) is 0 Å². The summed E-state index contributed by atoms with van der Waals surface area (Å²) in [5.41, 5.74) is 1.27. The van der Waals surface area contributed by atoms with E-state index in [1.807, 2.05) is 18.2 Å². The van der Waals surface area contributed by atoms with Crippen LogP contribution in [0.1, 0.15) is 58.4 Å². The van der Waals surface area contributed by atoms with Gasteiger partial charge in [-0.1, -0.05) is 45.1 Å². The molecule has 0 spiro atoms. The molecule has 0 saturated heterocycles. The fourth-order valence-electron chi connectivity index (χ4n) is 3.68. The third kappa shape index (κ3) is 6.82. The van der Waals surface area contributed by atoms with Gasteiger partial charge in [0.2, 0.25) is 0 Å². The summed E-state index contributed by atoms with van der Waals surface area (Å²) in [7, 11) is 0. The number of alkyl halides is 1. The van der Waals surface area contributed by atoms with Gasteiger partial charge in [-0.3, -0.25) is 4.79 Å². The molecule has 1 aromatic carbocycles. The van der Waals surface area contributed by atoms with Gasteiger partial charge < -0.3 is 14.9 Å². The molecule has 0 aliphatic heterocycles. The van der Waals surface area contributed by atoms with Crippen molar-refractivity contribution in [3.63, 3.8) is 0 Å². The lowest BCUT2D eigenvalue weighted by Crippen LogP contribution is -2.27. The Morgan fingerprint density at radius 3 is 2.71 bits per heavy atom. The highest BCUT2D eigenvalue weighted by molar-refractivity contribution is 6.21. The molecule has 0 heterocycles. The van der Waals surface area contributed by atoms with E-state index in [0.717, 1.165) is 18.6 Å². The number of rotatable bonds is 9. The Kier molecular flexibility index (Phi) is 8.38. The average molecular weight is 409 g/mol. The summed E-state index contributed by atoms with van der Waals surface area (Å²) in [5, 5.41) is 19.0. The molecule has 28 heavy (non-hydrogen) atoms. The first-order chi connectivity index (χ1) is 13.2. The van der Waals surface area contributed by atoms with Gasteiger partial charge in [0, 0.05) is 17.7 Å². The van der Waals surface area contributed by atoms with Crippen LogP contribution >= 0.6 is 11.6 Å². The molecule has 0 aromatic heterocycles. The number of hydrogen-bond donors (Lipinski definition) is 2. The van der Waals surface area contributed by atoms with Crippen LogP contribution < -0.4 is 4.74 Å². The normalized spacial score (nSPS) is 25.3. The highest BCUT2D eigenvalue weighted by Gasteiger charge is 2.41. The van der Waals surface area contributed by atoms with Gasteiger partial charge in [-0.05, 0) is 54.7 Å². The lowest BCUT2D eigenvalue weighted by atomic mass is 9.87. The van der Waals surface area contributed by atoms with E-state index in [1.165, 1.54) is 5.56 Å². The number of carboxylic acid groups (broad SMARTS) is 1. The number of aliphatic hydroxyl groups is 1. The molecule has 2 rings (SSSR count). The number of halogens is 1. The second-order valence-electron chi connectivity index (χ2n) is 8.73. The van der Waals surface area contributed by atoms with Crippen molar-refractivity contribution in [1.82, 2.24) is 0 Å². The maximum absolute atomic E-state index is 10.5. The first kappa shape index (κ1) is 22.8. The number of aliphatic carboxylic acids is 1. The second-order valence-corrected chi connectivity index (χ2v) is 9.29. The summed E-state index contributed by atoms with van der Waals surface area (Å²) in [4.78, 5) is 10.5. The number of carboxylic acids is 1. The van der Waals surface area contributed by atoms with Gasteiger partial charge in [0.05, 0.1) is 12.7 Å². The third-order valence-corrected chi connectivity index (χ3v) is 5.96. The molecule has 0 unspecified atom stereocenters. The van der Waals surface area contributed by atoms with Gasteiger partial charge in [0.1, 0.15) is 5.75 Å². The summed E-state index contributed by atoms with van der Waals surface area (Å²) in [5.74, 6) is 0.198. The van der Waals surface area contributed by atoms with E-state index in [-0.39, 0.29) is 29.0 Å². The number of carbonyl (C=O) groups is 1. The van der Waals surface area contributed by atoms with Crippen molar-refractivity contribution < 1.29 is 19.7 Å². The van der Waals surface area contributed by atoms with E-state index in [2.05, 4.69) is 39.0 Å². The first-order valence-corrected chi connectivity index (χ1v) is 10.5. The smallest absolute Gasteiger partial charge is 0.303 e. The van der Waals surface area contributed by atoms with Crippen LogP contribution in [0, 0.1) is 11.8 Å². The zero-order valence-corrected chi connectivity index (χ0v) is 17.9. The Morgan fingerprint density at radius 2 is 2.04 bits per heavy atom. The molecule has 1 aromatic rings. The highest BCUT2D eigenvalue weighted by atomic mass is 35.5. The lowest BCUT2D eigenvalue weighted by Gasteiger charge is -2.24. The average Bonchev–Trinajstić information content (AvgIpc) is 2.88. The van der Waals surface area contributed by atoms with Gasteiger partial charge in [0.15, 0.2) is 0 Å². The minimum atomic E-state index is -0.763. The Labute approximate surface area is 173 Å². The third-order valence-electron chi connectivity index (χ3n) is 5.45. The van der Waals surface area contributed by atoms with Gasteiger partial charge >= 0.3 is 5.97 Å².